The molecule has 3 fully saturated rings. The molecule has 3 aliphatic rings. The Kier molecular flexibility index (Phi) is 2.04. The van der Waals surface area contributed by atoms with E-state index in [1.54, 1.807) is 0 Å². The molecule has 3 heterocycles. The van der Waals surface area contributed by atoms with Gasteiger partial charge in [0, 0.05) is 18.4 Å². The molecule has 3 rings (SSSR count). The molecule has 0 spiro atoms. The van der Waals surface area contributed by atoms with Gasteiger partial charge in [-0.2, -0.15) is 8.42 Å². The van der Waals surface area contributed by atoms with Crippen LogP contribution in [0.5, 0.6) is 0 Å². The average Bonchev–Trinajstić information content (AvgIpc) is 2.74. The van der Waals surface area contributed by atoms with E-state index in [0.29, 0.717) is 0 Å². The molecule has 0 saturated carbocycles. The van der Waals surface area contributed by atoms with Crippen molar-refractivity contribution in [2.45, 2.75) is 43.0 Å². The zero-order chi connectivity index (χ0) is 12.4. The number of ether oxygens (including phenoxy) is 2. The Balaban J connectivity index is 1.86. The molecule has 0 N–H and O–H groups in total. The van der Waals surface area contributed by atoms with Crippen LogP contribution in [0.2, 0.25) is 0 Å². The fourth-order valence-corrected chi connectivity index (χ4v) is 4.31. The van der Waals surface area contributed by atoms with Crippen LogP contribution in [0.25, 0.3) is 0 Å². The maximum atomic E-state index is 11.6. The first-order valence-electron chi connectivity index (χ1n) is 5.32. The number of carbonyl (C=O) groups is 1. The SMILES string of the molecule is C=C(C)C(=O)OC12CC3OS(=O)(=O)C(C1)C3O2. The lowest BCUT2D eigenvalue weighted by Gasteiger charge is -2.24. The minimum atomic E-state index is -3.56. The number of fused-ring (bicyclic) bond motifs is 1. The molecular formula is C10H12O6S. The van der Waals surface area contributed by atoms with Gasteiger partial charge in [-0.1, -0.05) is 6.58 Å². The third-order valence-corrected chi connectivity index (χ3v) is 5.06. The highest BCUT2D eigenvalue weighted by molar-refractivity contribution is 7.87. The van der Waals surface area contributed by atoms with E-state index in [1.165, 1.54) is 6.92 Å². The summed E-state index contributed by atoms with van der Waals surface area (Å²) < 4.78 is 38.8. The molecule has 0 aromatic carbocycles. The monoisotopic (exact) mass is 260 g/mol. The summed E-state index contributed by atoms with van der Waals surface area (Å²) in [6, 6.07) is 0. The smallest absolute Gasteiger partial charge is 0.335 e. The van der Waals surface area contributed by atoms with Crippen molar-refractivity contribution in [3.63, 3.8) is 0 Å². The molecule has 7 heteroatoms. The molecule has 3 aliphatic heterocycles. The van der Waals surface area contributed by atoms with E-state index in [9.17, 15) is 13.2 Å². The molecule has 17 heavy (non-hydrogen) atoms. The normalized spacial score (nSPS) is 44.9. The molecule has 0 aliphatic carbocycles. The molecule has 4 unspecified atom stereocenters. The minimum Gasteiger partial charge on any atom is -0.430 e. The van der Waals surface area contributed by atoms with Crippen LogP contribution in [0.3, 0.4) is 0 Å². The average molecular weight is 260 g/mol. The van der Waals surface area contributed by atoms with Crippen LogP contribution in [0.4, 0.5) is 0 Å². The lowest BCUT2D eigenvalue weighted by atomic mass is 9.94. The summed E-state index contributed by atoms with van der Waals surface area (Å²) in [5.74, 6) is -1.70. The predicted molar refractivity (Wildman–Crippen MR) is 55.3 cm³/mol. The summed E-state index contributed by atoms with van der Waals surface area (Å²) in [7, 11) is -3.56. The van der Waals surface area contributed by atoms with Crippen molar-refractivity contribution >= 4 is 16.1 Å². The Labute approximate surface area is 98.7 Å². The number of hydrogen-bond acceptors (Lipinski definition) is 6. The van der Waals surface area contributed by atoms with Crippen molar-refractivity contribution in [2.75, 3.05) is 0 Å². The highest BCUT2D eigenvalue weighted by Gasteiger charge is 2.69. The number of rotatable bonds is 2. The first-order valence-corrected chi connectivity index (χ1v) is 6.79. The molecule has 2 bridgehead atoms. The van der Waals surface area contributed by atoms with Gasteiger partial charge >= 0.3 is 5.97 Å². The van der Waals surface area contributed by atoms with E-state index in [0.717, 1.165) is 0 Å². The van der Waals surface area contributed by atoms with E-state index in [-0.39, 0.29) is 18.4 Å². The fourth-order valence-electron chi connectivity index (χ4n) is 2.63. The second-order valence-electron chi connectivity index (χ2n) is 4.74. The fraction of sp³-hybridized carbons (Fsp3) is 0.700. The Morgan fingerprint density at radius 2 is 2.18 bits per heavy atom. The maximum Gasteiger partial charge on any atom is 0.335 e. The summed E-state index contributed by atoms with van der Waals surface area (Å²) in [5, 5.41) is -0.709. The molecule has 4 atom stereocenters. The molecule has 0 aromatic rings. The Morgan fingerprint density at radius 3 is 2.71 bits per heavy atom. The van der Waals surface area contributed by atoms with Crippen LogP contribution in [0, 0.1) is 0 Å². The maximum absolute atomic E-state index is 11.6. The van der Waals surface area contributed by atoms with E-state index in [2.05, 4.69) is 6.58 Å². The molecule has 0 aromatic heterocycles. The van der Waals surface area contributed by atoms with Crippen LogP contribution in [0.15, 0.2) is 12.2 Å². The summed E-state index contributed by atoms with van der Waals surface area (Å²) in [5.41, 5.74) is 0.259. The summed E-state index contributed by atoms with van der Waals surface area (Å²) in [4.78, 5) is 11.5. The zero-order valence-corrected chi connectivity index (χ0v) is 10.0. The molecule has 3 saturated heterocycles. The first kappa shape index (κ1) is 11.2. The number of esters is 1. The lowest BCUT2D eigenvalue weighted by molar-refractivity contribution is -0.202. The van der Waals surface area contributed by atoms with E-state index in [1.807, 2.05) is 0 Å². The van der Waals surface area contributed by atoms with Crippen LogP contribution in [-0.2, 0) is 28.6 Å². The Morgan fingerprint density at radius 1 is 1.47 bits per heavy atom. The van der Waals surface area contributed by atoms with Crippen molar-refractivity contribution in [3.05, 3.63) is 12.2 Å². The van der Waals surface area contributed by atoms with Crippen molar-refractivity contribution in [3.8, 4) is 0 Å². The first-order chi connectivity index (χ1) is 7.83. The van der Waals surface area contributed by atoms with Gasteiger partial charge in [0.2, 0.25) is 5.79 Å². The predicted octanol–water partition coefficient (Wildman–Crippen LogP) is 0.0918. The van der Waals surface area contributed by atoms with Gasteiger partial charge in [0.1, 0.15) is 17.5 Å². The van der Waals surface area contributed by atoms with Gasteiger partial charge in [-0.25, -0.2) is 4.79 Å². The minimum absolute atomic E-state index is 0.148. The lowest BCUT2D eigenvalue weighted by Crippen LogP contribution is -2.36. The largest absolute Gasteiger partial charge is 0.430 e. The van der Waals surface area contributed by atoms with Crippen molar-refractivity contribution in [1.82, 2.24) is 0 Å². The number of hydrogen-bond donors (Lipinski definition) is 0. The molecular weight excluding hydrogens is 248 g/mol. The van der Waals surface area contributed by atoms with Crippen LogP contribution < -0.4 is 0 Å². The van der Waals surface area contributed by atoms with Gasteiger partial charge in [-0.05, 0) is 6.92 Å². The second kappa shape index (κ2) is 3.09. The van der Waals surface area contributed by atoms with E-state index in [4.69, 9.17) is 13.7 Å². The highest BCUT2D eigenvalue weighted by atomic mass is 32.2. The summed E-state index contributed by atoms with van der Waals surface area (Å²) in [6.07, 6.45) is -0.600. The van der Waals surface area contributed by atoms with Crippen molar-refractivity contribution < 1.29 is 26.9 Å². The van der Waals surface area contributed by atoms with Gasteiger partial charge in [0.05, 0.1) is 0 Å². The Bertz CT molecular complexity index is 505. The van der Waals surface area contributed by atoms with Gasteiger partial charge < -0.3 is 9.47 Å². The quantitative estimate of drug-likeness (QED) is 0.398. The van der Waals surface area contributed by atoms with Crippen LogP contribution in [-0.4, -0.2) is 37.6 Å². The third-order valence-electron chi connectivity index (χ3n) is 3.36. The van der Waals surface area contributed by atoms with Crippen LogP contribution in [0.1, 0.15) is 19.8 Å². The third kappa shape index (κ3) is 1.46. The molecule has 6 nitrogen and oxygen atoms in total. The van der Waals surface area contributed by atoms with Crippen molar-refractivity contribution in [2.24, 2.45) is 0 Å². The second-order valence-corrected chi connectivity index (χ2v) is 6.52. The zero-order valence-electron chi connectivity index (χ0n) is 9.21. The van der Waals surface area contributed by atoms with Crippen molar-refractivity contribution in [1.29, 1.82) is 0 Å². The molecule has 0 amide bonds. The van der Waals surface area contributed by atoms with Gasteiger partial charge in [-0.15, -0.1) is 0 Å². The van der Waals surface area contributed by atoms with E-state index >= 15 is 0 Å². The van der Waals surface area contributed by atoms with E-state index < -0.39 is 39.3 Å². The Hall–Kier alpha value is -0.920. The van der Waals surface area contributed by atoms with Gasteiger partial charge in [0.15, 0.2) is 0 Å². The molecule has 94 valence electrons. The standard InChI is InChI=1S/C10H12O6S/c1-5(2)9(11)15-10-3-6-8(14-10)7(4-10)17(12,13)16-6/h6-8H,1,3-4H2,2H3. The topological polar surface area (TPSA) is 78.9 Å². The molecule has 0 radical (unpaired) electrons. The highest BCUT2D eigenvalue weighted by Crippen LogP contribution is 2.53. The summed E-state index contributed by atoms with van der Waals surface area (Å²) >= 11 is 0. The van der Waals surface area contributed by atoms with Gasteiger partial charge in [-0.3, -0.25) is 4.18 Å². The summed E-state index contributed by atoms with van der Waals surface area (Å²) in [6.45, 7) is 5.01. The van der Waals surface area contributed by atoms with Gasteiger partial charge in [0.25, 0.3) is 10.1 Å². The van der Waals surface area contributed by atoms with Crippen LogP contribution >= 0.6 is 0 Å². The number of carbonyl (C=O) groups excluding carboxylic acids is 1.